The maximum atomic E-state index is 6.00. The first-order valence-electron chi connectivity index (χ1n) is 7.68. The van der Waals surface area contributed by atoms with Crippen molar-refractivity contribution in [2.75, 3.05) is 32.1 Å². The molecule has 124 valence electrons. The molecule has 1 unspecified atom stereocenters. The first-order chi connectivity index (χ1) is 10.2. The highest BCUT2D eigenvalue weighted by atomic mass is 127. The number of benzene rings is 1. The van der Waals surface area contributed by atoms with Crippen LogP contribution in [0.4, 0.5) is 5.69 Å². The number of nitrogens with two attached hydrogens (primary N) is 1. The van der Waals surface area contributed by atoms with Gasteiger partial charge < -0.3 is 15.8 Å². The quantitative estimate of drug-likeness (QED) is 0.424. The van der Waals surface area contributed by atoms with E-state index in [-0.39, 0.29) is 24.0 Å². The summed E-state index contributed by atoms with van der Waals surface area (Å²) < 4.78 is 5.29. The monoisotopic (exact) mass is 418 g/mol. The zero-order valence-corrected chi connectivity index (χ0v) is 15.7. The normalized spacial score (nSPS) is 16.9. The standard InChI is InChI=1S/C16H26N4O.HI/c1-3-13(20-10-6-7-11-20)12-18-16(17)19-14-8-4-5-9-15(14)21-2;/h4-5,8-9,13H,3,6-7,10-12H2,1-2H3,(H3,17,18,19);1H. The smallest absolute Gasteiger partial charge is 0.193 e. The molecule has 0 radical (unpaired) electrons. The van der Waals surface area contributed by atoms with Gasteiger partial charge in [-0.2, -0.15) is 0 Å². The lowest BCUT2D eigenvalue weighted by atomic mass is 10.2. The summed E-state index contributed by atoms with van der Waals surface area (Å²) in [6.45, 7) is 5.33. The number of nitrogens with one attached hydrogen (secondary N) is 1. The Labute approximate surface area is 150 Å². The molecular formula is C16H27IN4O. The summed E-state index contributed by atoms with van der Waals surface area (Å²) in [4.78, 5) is 7.01. The molecule has 1 saturated heterocycles. The molecule has 0 amide bonds. The molecule has 0 spiro atoms. The lowest BCUT2D eigenvalue weighted by Crippen LogP contribution is -2.35. The molecule has 3 N–H and O–H groups in total. The predicted molar refractivity (Wildman–Crippen MR) is 103 cm³/mol. The molecule has 1 aliphatic rings. The van der Waals surface area contributed by atoms with Gasteiger partial charge in [-0.1, -0.05) is 19.1 Å². The first-order valence-corrected chi connectivity index (χ1v) is 7.68. The Kier molecular flexibility index (Phi) is 8.55. The van der Waals surface area contributed by atoms with E-state index in [1.54, 1.807) is 7.11 Å². The number of anilines is 1. The van der Waals surface area contributed by atoms with Crippen LogP contribution in [-0.2, 0) is 0 Å². The van der Waals surface area contributed by atoms with Crippen LogP contribution < -0.4 is 15.8 Å². The van der Waals surface area contributed by atoms with Crippen LogP contribution in [0.25, 0.3) is 0 Å². The Bertz CT molecular complexity index is 475. The van der Waals surface area contributed by atoms with E-state index in [1.807, 2.05) is 24.3 Å². The van der Waals surface area contributed by atoms with Gasteiger partial charge in [0, 0.05) is 6.04 Å². The van der Waals surface area contributed by atoms with Crippen molar-refractivity contribution >= 4 is 35.6 Å². The molecule has 1 heterocycles. The highest BCUT2D eigenvalue weighted by molar-refractivity contribution is 14.0. The Morgan fingerprint density at radius 1 is 1.36 bits per heavy atom. The molecule has 1 fully saturated rings. The molecule has 0 saturated carbocycles. The number of ether oxygens (including phenoxy) is 1. The van der Waals surface area contributed by atoms with E-state index >= 15 is 0 Å². The average molecular weight is 418 g/mol. The summed E-state index contributed by atoms with van der Waals surface area (Å²) in [5.41, 5.74) is 6.84. The second-order valence-corrected chi connectivity index (χ2v) is 5.36. The van der Waals surface area contributed by atoms with Crippen molar-refractivity contribution in [3.05, 3.63) is 24.3 Å². The number of likely N-dealkylation sites (tertiary alicyclic amines) is 1. The fourth-order valence-electron chi connectivity index (χ4n) is 2.74. The van der Waals surface area contributed by atoms with E-state index in [4.69, 9.17) is 10.5 Å². The topological polar surface area (TPSA) is 62.9 Å². The molecule has 0 aliphatic carbocycles. The SMILES string of the molecule is CCC(CN=C(N)Nc1ccccc1OC)N1CCCC1.I. The van der Waals surface area contributed by atoms with Gasteiger partial charge in [0.2, 0.25) is 0 Å². The van der Waals surface area contributed by atoms with Gasteiger partial charge in [-0.15, -0.1) is 24.0 Å². The summed E-state index contributed by atoms with van der Waals surface area (Å²) in [5, 5.41) is 3.12. The number of guanidine groups is 1. The number of nitrogens with zero attached hydrogens (tertiary/aromatic N) is 2. The van der Waals surface area contributed by atoms with E-state index in [2.05, 4.69) is 22.1 Å². The van der Waals surface area contributed by atoms with Crippen molar-refractivity contribution < 1.29 is 4.74 Å². The first kappa shape index (κ1) is 19.0. The molecule has 22 heavy (non-hydrogen) atoms. The molecule has 0 aromatic heterocycles. The molecule has 1 aromatic carbocycles. The van der Waals surface area contributed by atoms with Crippen LogP contribution in [0.2, 0.25) is 0 Å². The summed E-state index contributed by atoms with van der Waals surface area (Å²) in [7, 11) is 1.65. The lowest BCUT2D eigenvalue weighted by molar-refractivity contribution is 0.242. The van der Waals surface area contributed by atoms with Crippen LogP contribution >= 0.6 is 24.0 Å². The van der Waals surface area contributed by atoms with E-state index in [1.165, 1.54) is 25.9 Å². The molecule has 1 aliphatic heterocycles. The number of para-hydroxylation sites is 2. The van der Waals surface area contributed by atoms with Crippen LogP contribution in [0.3, 0.4) is 0 Å². The van der Waals surface area contributed by atoms with Gasteiger partial charge in [-0.3, -0.25) is 9.89 Å². The van der Waals surface area contributed by atoms with Crippen LogP contribution in [0.5, 0.6) is 5.75 Å². The van der Waals surface area contributed by atoms with Gasteiger partial charge in [-0.25, -0.2) is 0 Å². The van der Waals surface area contributed by atoms with Gasteiger partial charge in [-0.05, 0) is 44.5 Å². The third-order valence-electron chi connectivity index (χ3n) is 3.97. The van der Waals surface area contributed by atoms with Gasteiger partial charge in [0.1, 0.15) is 5.75 Å². The van der Waals surface area contributed by atoms with E-state index in [9.17, 15) is 0 Å². The van der Waals surface area contributed by atoms with Gasteiger partial charge in [0.15, 0.2) is 5.96 Å². The van der Waals surface area contributed by atoms with E-state index < -0.39 is 0 Å². The van der Waals surface area contributed by atoms with E-state index in [0.29, 0.717) is 12.0 Å². The highest BCUT2D eigenvalue weighted by Gasteiger charge is 2.19. The zero-order chi connectivity index (χ0) is 15.1. The predicted octanol–water partition coefficient (Wildman–Crippen LogP) is 2.91. The fraction of sp³-hybridized carbons (Fsp3) is 0.562. The van der Waals surface area contributed by atoms with Crippen molar-refractivity contribution in [1.29, 1.82) is 0 Å². The molecule has 6 heteroatoms. The molecule has 5 nitrogen and oxygen atoms in total. The number of rotatable bonds is 6. The second kappa shape index (κ2) is 9.89. The van der Waals surface area contributed by atoms with Crippen molar-refractivity contribution in [1.82, 2.24) is 4.90 Å². The molecule has 1 aromatic rings. The average Bonchev–Trinajstić information content (AvgIpc) is 3.03. The Morgan fingerprint density at radius 2 is 2.05 bits per heavy atom. The number of hydrogen-bond donors (Lipinski definition) is 2. The third-order valence-corrected chi connectivity index (χ3v) is 3.97. The van der Waals surface area contributed by atoms with Crippen molar-refractivity contribution in [3.63, 3.8) is 0 Å². The maximum Gasteiger partial charge on any atom is 0.193 e. The largest absolute Gasteiger partial charge is 0.495 e. The summed E-state index contributed by atoms with van der Waals surface area (Å²) in [6, 6.07) is 8.19. The van der Waals surface area contributed by atoms with Crippen LogP contribution in [0, 0.1) is 0 Å². The zero-order valence-electron chi connectivity index (χ0n) is 13.4. The van der Waals surface area contributed by atoms with Crippen LogP contribution in [0.15, 0.2) is 29.3 Å². The lowest BCUT2D eigenvalue weighted by Gasteiger charge is -2.24. The Hall–Kier alpha value is -1.02. The van der Waals surface area contributed by atoms with Crippen LogP contribution in [-0.4, -0.2) is 43.6 Å². The molecule has 1 atom stereocenters. The number of aliphatic imine (C=N–C) groups is 1. The number of halogens is 1. The van der Waals surface area contributed by atoms with Crippen molar-refractivity contribution in [2.45, 2.75) is 32.2 Å². The fourth-order valence-corrected chi connectivity index (χ4v) is 2.74. The Morgan fingerprint density at radius 3 is 2.68 bits per heavy atom. The van der Waals surface area contributed by atoms with Crippen molar-refractivity contribution in [3.8, 4) is 5.75 Å². The minimum atomic E-state index is 0. The summed E-state index contributed by atoms with van der Waals surface area (Å²) >= 11 is 0. The Balaban J connectivity index is 0.00000242. The van der Waals surface area contributed by atoms with Gasteiger partial charge in [0.25, 0.3) is 0 Å². The third kappa shape index (κ3) is 5.31. The van der Waals surface area contributed by atoms with Crippen LogP contribution in [0.1, 0.15) is 26.2 Å². The molecule has 2 rings (SSSR count). The summed E-state index contributed by atoms with van der Waals surface area (Å²) in [5.74, 6) is 1.21. The molecule has 0 bridgehead atoms. The minimum absolute atomic E-state index is 0. The molecular weight excluding hydrogens is 391 g/mol. The number of methoxy groups -OCH3 is 1. The van der Waals surface area contributed by atoms with E-state index in [0.717, 1.165) is 24.4 Å². The summed E-state index contributed by atoms with van der Waals surface area (Å²) in [6.07, 6.45) is 3.70. The maximum absolute atomic E-state index is 6.00. The minimum Gasteiger partial charge on any atom is -0.495 e. The number of hydrogen-bond acceptors (Lipinski definition) is 3. The highest BCUT2D eigenvalue weighted by Crippen LogP contribution is 2.22. The van der Waals surface area contributed by atoms with Gasteiger partial charge in [0.05, 0.1) is 19.3 Å². The van der Waals surface area contributed by atoms with Crippen molar-refractivity contribution in [2.24, 2.45) is 10.7 Å². The van der Waals surface area contributed by atoms with Gasteiger partial charge >= 0.3 is 0 Å². The second-order valence-electron chi connectivity index (χ2n) is 5.36.